The van der Waals surface area contributed by atoms with Crippen LogP contribution in [0.25, 0.3) is 0 Å². The van der Waals surface area contributed by atoms with Crippen molar-refractivity contribution >= 4 is 23.4 Å². The van der Waals surface area contributed by atoms with E-state index in [1.54, 1.807) is 37.3 Å². The van der Waals surface area contributed by atoms with Crippen molar-refractivity contribution < 1.29 is 23.9 Å². The van der Waals surface area contributed by atoms with Crippen LogP contribution >= 0.6 is 0 Å². The van der Waals surface area contributed by atoms with Crippen molar-refractivity contribution in [3.8, 4) is 5.75 Å². The second kappa shape index (κ2) is 11.2. The number of methoxy groups -OCH3 is 1. The van der Waals surface area contributed by atoms with E-state index >= 15 is 0 Å². The van der Waals surface area contributed by atoms with Gasteiger partial charge in [-0.1, -0.05) is 6.92 Å². The second-order valence-corrected chi connectivity index (χ2v) is 9.86. The van der Waals surface area contributed by atoms with E-state index in [2.05, 4.69) is 5.32 Å². The van der Waals surface area contributed by atoms with Gasteiger partial charge in [0.05, 0.1) is 24.3 Å². The number of hydrogen-bond acceptors (Lipinski definition) is 6. The molecule has 1 aromatic carbocycles. The van der Waals surface area contributed by atoms with Crippen LogP contribution in [-0.2, 0) is 14.3 Å². The third kappa shape index (κ3) is 6.48. The summed E-state index contributed by atoms with van der Waals surface area (Å²) in [4.78, 5) is 43.9. The van der Waals surface area contributed by atoms with Gasteiger partial charge in [0.1, 0.15) is 12.4 Å². The number of amides is 3. The van der Waals surface area contributed by atoms with E-state index < -0.39 is 0 Å². The van der Waals surface area contributed by atoms with Crippen LogP contribution < -0.4 is 10.1 Å². The van der Waals surface area contributed by atoms with E-state index in [0.29, 0.717) is 36.6 Å². The lowest BCUT2D eigenvalue weighted by Gasteiger charge is -2.36. The Balaban J connectivity index is 1.92. The maximum Gasteiger partial charge on any atom is 0.257 e. The summed E-state index contributed by atoms with van der Waals surface area (Å²) in [5, 5.41) is 2.91. The first-order valence-corrected chi connectivity index (χ1v) is 11.9. The summed E-state index contributed by atoms with van der Waals surface area (Å²) in [7, 11) is 7.10. The number of carbonyl (C=O) groups excluding carboxylic acids is 3. The summed E-state index contributed by atoms with van der Waals surface area (Å²) in [6.45, 7) is 5.35. The molecule has 0 bridgehead atoms. The highest BCUT2D eigenvalue weighted by Gasteiger charge is 2.32. The summed E-state index contributed by atoms with van der Waals surface area (Å²) < 4.78 is 11.9. The van der Waals surface area contributed by atoms with Crippen molar-refractivity contribution in [1.29, 1.82) is 0 Å². The van der Waals surface area contributed by atoms with Crippen molar-refractivity contribution in [2.24, 2.45) is 11.8 Å². The van der Waals surface area contributed by atoms with Crippen LogP contribution in [0.4, 0.5) is 5.69 Å². The van der Waals surface area contributed by atoms with Gasteiger partial charge >= 0.3 is 0 Å². The van der Waals surface area contributed by atoms with Crippen LogP contribution in [0.1, 0.15) is 37.0 Å². The third-order valence-corrected chi connectivity index (χ3v) is 6.43. The summed E-state index contributed by atoms with van der Waals surface area (Å²) in [5.41, 5.74) is 1.00. The molecule has 0 aromatic heterocycles. The fourth-order valence-corrected chi connectivity index (χ4v) is 4.15. The summed E-state index contributed by atoms with van der Waals surface area (Å²) in [5.74, 6) is 0.280. The Morgan fingerprint density at radius 1 is 1.21 bits per heavy atom. The summed E-state index contributed by atoms with van der Waals surface area (Å²) in [6, 6.07) is 4.89. The Morgan fingerprint density at radius 3 is 2.53 bits per heavy atom. The predicted octanol–water partition coefficient (Wildman–Crippen LogP) is 1.93. The smallest absolute Gasteiger partial charge is 0.257 e. The Kier molecular flexibility index (Phi) is 8.54. The van der Waals surface area contributed by atoms with E-state index in [-0.39, 0.29) is 48.3 Å². The average molecular weight is 475 g/mol. The topological polar surface area (TPSA) is 91.4 Å². The fourth-order valence-electron chi connectivity index (χ4n) is 4.15. The minimum absolute atomic E-state index is 0.00715. The van der Waals surface area contributed by atoms with Gasteiger partial charge in [-0.15, -0.1) is 0 Å². The number of likely N-dealkylation sites (N-methyl/N-ethyl adjacent to an activating group) is 2. The third-order valence-electron chi connectivity index (χ3n) is 6.43. The Bertz CT molecular complexity index is 901. The second-order valence-electron chi connectivity index (χ2n) is 9.86. The highest BCUT2D eigenvalue weighted by molar-refractivity contribution is 5.99. The van der Waals surface area contributed by atoms with Crippen LogP contribution in [-0.4, -0.2) is 99.1 Å². The van der Waals surface area contributed by atoms with Crippen LogP contribution in [0, 0.1) is 11.8 Å². The molecular weight excluding hydrogens is 436 g/mol. The molecule has 188 valence electrons. The van der Waals surface area contributed by atoms with Gasteiger partial charge in [0.2, 0.25) is 11.8 Å². The van der Waals surface area contributed by atoms with E-state index in [9.17, 15) is 14.4 Å². The number of hydrogen-bond donors (Lipinski definition) is 1. The van der Waals surface area contributed by atoms with Crippen LogP contribution in [0.3, 0.4) is 0 Å². The lowest BCUT2D eigenvalue weighted by Crippen LogP contribution is -2.50. The number of carbonyl (C=O) groups is 3. The Hall–Kier alpha value is -2.65. The number of fused-ring (bicyclic) bond motifs is 1. The number of nitrogens with one attached hydrogen (secondary N) is 1. The van der Waals surface area contributed by atoms with Crippen molar-refractivity contribution in [3.05, 3.63) is 23.8 Å². The molecule has 1 fully saturated rings. The SMILES string of the molecule is CO[C@@H]1CN(C)C(=O)c2ccc(NC(=O)C3CC3)cc2OC[C@H](C)N(C(=O)CN(C)C)C[C@@H]1C. The van der Waals surface area contributed by atoms with Gasteiger partial charge in [-0.3, -0.25) is 14.4 Å². The predicted molar refractivity (Wildman–Crippen MR) is 130 cm³/mol. The monoisotopic (exact) mass is 474 g/mol. The molecule has 1 N–H and O–H groups in total. The Labute approximate surface area is 202 Å². The molecule has 0 radical (unpaired) electrons. The molecule has 9 nitrogen and oxygen atoms in total. The Morgan fingerprint density at radius 2 is 1.91 bits per heavy atom. The number of nitrogens with zero attached hydrogens (tertiary/aromatic N) is 3. The van der Waals surface area contributed by atoms with E-state index in [1.807, 2.05) is 37.7 Å². The number of ether oxygens (including phenoxy) is 2. The fraction of sp³-hybridized carbons (Fsp3) is 0.640. The minimum atomic E-state index is -0.239. The maximum absolute atomic E-state index is 13.3. The lowest BCUT2D eigenvalue weighted by atomic mass is 10.0. The van der Waals surface area contributed by atoms with Gasteiger partial charge in [0.25, 0.3) is 5.91 Å². The summed E-state index contributed by atoms with van der Waals surface area (Å²) in [6.07, 6.45) is 1.57. The normalized spacial score (nSPS) is 24.1. The zero-order valence-corrected chi connectivity index (χ0v) is 21.2. The van der Waals surface area contributed by atoms with Gasteiger partial charge in [-0.25, -0.2) is 0 Å². The molecule has 1 heterocycles. The maximum atomic E-state index is 13.3. The molecule has 1 aliphatic carbocycles. The van der Waals surface area contributed by atoms with Gasteiger partial charge in [0.15, 0.2) is 0 Å². The van der Waals surface area contributed by atoms with E-state index in [1.165, 1.54) is 0 Å². The van der Waals surface area contributed by atoms with Crippen LogP contribution in [0.15, 0.2) is 18.2 Å². The molecule has 0 spiro atoms. The minimum Gasteiger partial charge on any atom is -0.491 e. The van der Waals surface area contributed by atoms with Crippen molar-refractivity contribution in [2.45, 2.75) is 38.8 Å². The van der Waals surface area contributed by atoms with Gasteiger partial charge in [-0.05, 0) is 46.0 Å². The average Bonchev–Trinajstić information content (AvgIpc) is 3.63. The molecule has 1 aromatic rings. The molecule has 9 heteroatoms. The first kappa shape index (κ1) is 26.0. The standard InChI is InChI=1S/C25H38N4O5/c1-16-12-29(23(30)14-27(3)4)17(2)15-34-21-11-19(26-24(31)18-7-8-18)9-10-20(21)25(32)28(5)13-22(16)33-6/h9-11,16-18,22H,7-8,12-15H2,1-6H3,(H,26,31)/t16-,17-,22+/m0/s1. The number of rotatable bonds is 5. The molecule has 1 aliphatic heterocycles. The number of anilines is 1. The molecule has 0 saturated heterocycles. The van der Waals surface area contributed by atoms with Crippen molar-refractivity contribution in [3.63, 3.8) is 0 Å². The zero-order valence-electron chi connectivity index (χ0n) is 21.2. The largest absolute Gasteiger partial charge is 0.491 e. The molecule has 3 amide bonds. The van der Waals surface area contributed by atoms with Gasteiger partial charge in [0, 0.05) is 50.8 Å². The molecule has 2 aliphatic rings. The molecular formula is C25H38N4O5. The van der Waals surface area contributed by atoms with Crippen molar-refractivity contribution in [1.82, 2.24) is 14.7 Å². The first-order valence-electron chi connectivity index (χ1n) is 11.9. The molecule has 34 heavy (non-hydrogen) atoms. The number of benzene rings is 1. The summed E-state index contributed by atoms with van der Waals surface area (Å²) >= 11 is 0. The van der Waals surface area contributed by atoms with E-state index in [0.717, 1.165) is 12.8 Å². The zero-order chi connectivity index (χ0) is 25.0. The van der Waals surface area contributed by atoms with Gasteiger partial charge in [-0.2, -0.15) is 0 Å². The molecule has 0 unspecified atom stereocenters. The lowest BCUT2D eigenvalue weighted by molar-refractivity contribution is -0.136. The van der Waals surface area contributed by atoms with E-state index in [4.69, 9.17) is 9.47 Å². The van der Waals surface area contributed by atoms with Crippen LogP contribution in [0.5, 0.6) is 5.75 Å². The molecule has 3 rings (SSSR count). The molecule has 3 atom stereocenters. The van der Waals surface area contributed by atoms with Crippen molar-refractivity contribution in [2.75, 3.05) is 59.8 Å². The highest BCUT2D eigenvalue weighted by Crippen LogP contribution is 2.32. The first-order chi connectivity index (χ1) is 16.1. The molecule has 1 saturated carbocycles. The quantitative estimate of drug-likeness (QED) is 0.701. The highest BCUT2D eigenvalue weighted by atomic mass is 16.5. The van der Waals surface area contributed by atoms with Gasteiger partial charge < -0.3 is 29.5 Å². The van der Waals surface area contributed by atoms with Crippen LogP contribution in [0.2, 0.25) is 0 Å².